The predicted molar refractivity (Wildman–Crippen MR) is 294 cm³/mol. The van der Waals surface area contributed by atoms with Crippen LogP contribution in [0.3, 0.4) is 0 Å². The van der Waals surface area contributed by atoms with Gasteiger partial charge in [0.25, 0.3) is 11.8 Å². The normalized spacial score (nSPS) is 18.2. The molecule has 0 spiro atoms. The molecule has 1 fully saturated rings. The van der Waals surface area contributed by atoms with Crippen LogP contribution in [0.5, 0.6) is 0 Å². The molecule has 0 radical (unpaired) electrons. The van der Waals surface area contributed by atoms with Crippen molar-refractivity contribution < 1.29 is 112 Å². The number of nitrogens with zero attached hydrogens (tertiary/aromatic N) is 3. The molecule has 0 aliphatic carbocycles. The zero-order chi connectivity index (χ0) is 62.5. The van der Waals surface area contributed by atoms with Gasteiger partial charge in [0, 0.05) is 72.1 Å². The second kappa shape index (κ2) is 26.6. The molecule has 4 aromatic carbocycles. The maximum absolute atomic E-state index is 12.6. The van der Waals surface area contributed by atoms with Crippen molar-refractivity contribution in [2.75, 3.05) is 90.3 Å². The van der Waals surface area contributed by atoms with Gasteiger partial charge in [-0.15, -0.1) is 5.06 Å². The number of benzene rings is 4. The van der Waals surface area contributed by atoms with Crippen LogP contribution in [-0.4, -0.2) is 183 Å². The first-order valence-corrected chi connectivity index (χ1v) is 33.3. The number of hydrogen-bond donors (Lipinski definition) is 0. The van der Waals surface area contributed by atoms with Crippen LogP contribution in [-0.2, 0) is 104 Å². The molecule has 2 amide bonds. The fourth-order valence-corrected chi connectivity index (χ4v) is 13.7. The maximum atomic E-state index is 12.6. The fourth-order valence-electron chi connectivity index (χ4n) is 10.6. The highest BCUT2D eigenvalue weighted by atomic mass is 32.2. The lowest BCUT2D eigenvalue weighted by Gasteiger charge is -2.31. The number of anilines is 1. The monoisotopic (exact) mass is 1280 g/mol. The molecule has 0 N–H and O–H groups in total. The summed E-state index contributed by atoms with van der Waals surface area (Å²) in [7, 11) is -24.8. The first kappa shape index (κ1) is 66.6. The first-order valence-electron chi connectivity index (χ1n) is 26.0. The Labute approximate surface area is 491 Å². The van der Waals surface area contributed by atoms with E-state index >= 15 is 0 Å². The van der Waals surface area contributed by atoms with Crippen LogP contribution in [0.15, 0.2) is 104 Å². The predicted octanol–water partition coefficient (Wildman–Crippen LogP) is 2.80. The first-order chi connectivity index (χ1) is 39.7. The number of ether oxygens (including phenoxy) is 5. The Hall–Kier alpha value is -5.95. The standard InChI is InChI=1S/C53H63N3O24S5/c1-52(2)45(9-6-5-7-10-46-53(3,18-8-30-81(60,61)62)51-40-32-36(83(66,67)68)34-44(85(72,73)74)38(40)12-14-42(51)55(46)19-22-75-4)54(41-13-11-37-39(50(41)52)31-35(82(63,64)65)33-43(37)84(69,70)71)20-23-77-25-27-79-29-28-78-26-24-76-21-17-49(59)80-56-47(57)15-16-48(56)58/h5-7,9-14,31-34H,8,15-30H2,1-4H3,(H4-,60,61,62,63,64,65,66,67,68,69,70,71,72,73,74)/p-4. The summed E-state index contributed by atoms with van der Waals surface area (Å²) in [5.41, 5.74) is -0.208. The van der Waals surface area contributed by atoms with Crippen LogP contribution in [0.2, 0.25) is 0 Å². The molecule has 1 unspecified atom stereocenters. The Bertz CT molecular complexity index is 3990. The average molecular weight is 1280 g/mol. The number of hydroxylamine groups is 2. The van der Waals surface area contributed by atoms with E-state index in [1.165, 1.54) is 25.3 Å². The highest BCUT2D eigenvalue weighted by Crippen LogP contribution is 2.54. The van der Waals surface area contributed by atoms with Crippen molar-refractivity contribution in [3.63, 3.8) is 0 Å². The van der Waals surface area contributed by atoms with E-state index < -0.39 is 105 Å². The fraction of sp³-hybridized carbons (Fsp3) is 0.434. The topological polar surface area (TPSA) is 402 Å². The van der Waals surface area contributed by atoms with E-state index in [4.69, 9.17) is 28.5 Å². The van der Waals surface area contributed by atoms with E-state index in [0.29, 0.717) is 45.5 Å². The van der Waals surface area contributed by atoms with E-state index in [-0.39, 0.29) is 132 Å². The molecule has 7 rings (SSSR count). The lowest BCUT2D eigenvalue weighted by atomic mass is 9.75. The minimum absolute atomic E-state index is 0.00537. The summed E-state index contributed by atoms with van der Waals surface area (Å²) in [5, 5.41) is -0.0280. The van der Waals surface area contributed by atoms with E-state index in [1.807, 2.05) is 4.58 Å². The molecule has 464 valence electrons. The van der Waals surface area contributed by atoms with Crippen LogP contribution < -0.4 is 4.90 Å². The number of methoxy groups -OCH3 is 1. The van der Waals surface area contributed by atoms with Gasteiger partial charge in [-0.1, -0.05) is 24.3 Å². The van der Waals surface area contributed by atoms with Crippen LogP contribution in [0.25, 0.3) is 21.5 Å². The summed E-state index contributed by atoms with van der Waals surface area (Å²) in [6.45, 7) is 6.36. The van der Waals surface area contributed by atoms with E-state index in [1.54, 1.807) is 62.1 Å². The third kappa shape index (κ3) is 15.6. The van der Waals surface area contributed by atoms with Gasteiger partial charge in [-0.05, 0) is 97.8 Å². The lowest BCUT2D eigenvalue weighted by molar-refractivity contribution is -0.442. The Morgan fingerprint density at radius 1 is 0.624 bits per heavy atom. The van der Waals surface area contributed by atoms with Gasteiger partial charge in [-0.25, -0.2) is 46.9 Å². The lowest BCUT2D eigenvalue weighted by Crippen LogP contribution is -2.32. The number of rotatable bonds is 30. The number of carbonyl (C=O) groups is 3. The highest BCUT2D eigenvalue weighted by molar-refractivity contribution is 7.87. The van der Waals surface area contributed by atoms with E-state index in [9.17, 15) is 79.2 Å². The van der Waals surface area contributed by atoms with Crippen LogP contribution in [0.4, 0.5) is 11.4 Å². The summed E-state index contributed by atoms with van der Waals surface area (Å²) < 4.78 is 215. The number of carbonyl (C=O) groups excluding carboxylic acids is 3. The van der Waals surface area contributed by atoms with Gasteiger partial charge < -0.3 is 56.2 Å². The van der Waals surface area contributed by atoms with E-state index in [0.717, 1.165) is 12.1 Å². The van der Waals surface area contributed by atoms with Crippen molar-refractivity contribution in [1.82, 2.24) is 5.06 Å². The van der Waals surface area contributed by atoms with Gasteiger partial charge >= 0.3 is 5.97 Å². The van der Waals surface area contributed by atoms with Crippen molar-refractivity contribution in [1.29, 1.82) is 0 Å². The third-order valence-corrected chi connectivity index (χ3v) is 18.5. The van der Waals surface area contributed by atoms with Gasteiger partial charge in [0.05, 0.1) is 94.4 Å². The molecule has 0 aromatic heterocycles. The minimum Gasteiger partial charge on any atom is -0.748 e. The van der Waals surface area contributed by atoms with Gasteiger partial charge in [-0.3, -0.25) is 9.59 Å². The Kier molecular flexibility index (Phi) is 20.8. The van der Waals surface area contributed by atoms with Crippen LogP contribution in [0, 0.1) is 0 Å². The molecule has 27 nitrogen and oxygen atoms in total. The number of fused-ring (bicyclic) bond motifs is 6. The summed E-state index contributed by atoms with van der Waals surface area (Å²) in [4.78, 5) is 37.8. The molecular weight excluding hydrogens is 1220 g/mol. The Morgan fingerprint density at radius 3 is 1.66 bits per heavy atom. The average Bonchev–Trinajstić information content (AvgIpc) is 1.65. The second-order valence-corrected chi connectivity index (χ2v) is 27.3. The SMILES string of the molecule is COCCN1C(=CC=CC=CC2=[N+](CCOCCOCCOCCOCCC(=O)ON3C(=O)CCC3=O)c3ccc4c(S(=O)(=O)[O-])cc(S(=O)(=O)[O-])cc4c3C2(C)C)C(C)(CCCS(=O)(=O)[O-])c2c1ccc1c(S(=O)(=O)[O-])cc(S(=O)(=O)[O-])cc21. The molecule has 3 aliphatic rings. The van der Waals surface area contributed by atoms with Crippen molar-refractivity contribution in [2.45, 2.75) is 83.3 Å². The summed E-state index contributed by atoms with van der Waals surface area (Å²) in [5.74, 6) is -2.81. The smallest absolute Gasteiger partial charge is 0.335 e. The number of imide groups is 1. The van der Waals surface area contributed by atoms with Gasteiger partial charge in [0.2, 0.25) is 5.69 Å². The molecule has 4 aromatic rings. The summed E-state index contributed by atoms with van der Waals surface area (Å²) >= 11 is 0. The molecule has 3 aliphatic heterocycles. The number of allylic oxidation sites excluding steroid dienone is 6. The van der Waals surface area contributed by atoms with Crippen molar-refractivity contribution in [3.8, 4) is 0 Å². The molecule has 0 saturated carbocycles. The molecular formula is C53H59N3O24S5-4. The zero-order valence-electron chi connectivity index (χ0n) is 46.2. The third-order valence-electron chi connectivity index (χ3n) is 14.3. The summed E-state index contributed by atoms with van der Waals surface area (Å²) in [6, 6.07) is 8.59. The molecule has 32 heteroatoms. The van der Waals surface area contributed by atoms with Gasteiger partial charge in [0.1, 0.15) is 47.1 Å². The number of hydrogen-bond acceptors (Lipinski definition) is 25. The largest absolute Gasteiger partial charge is 0.748 e. The molecule has 1 atom stereocenters. The Balaban J connectivity index is 1.14. The highest BCUT2D eigenvalue weighted by Gasteiger charge is 2.47. The van der Waals surface area contributed by atoms with Crippen LogP contribution in [0.1, 0.15) is 64.0 Å². The zero-order valence-corrected chi connectivity index (χ0v) is 50.3. The quantitative estimate of drug-likeness (QED) is 0.0238. The molecule has 3 heterocycles. The molecule has 0 bridgehead atoms. The van der Waals surface area contributed by atoms with Crippen LogP contribution >= 0.6 is 0 Å². The summed E-state index contributed by atoms with van der Waals surface area (Å²) in [6.07, 6.45) is 7.51. The van der Waals surface area contributed by atoms with Gasteiger partial charge in [0.15, 0.2) is 12.3 Å². The Morgan fingerprint density at radius 2 is 1.14 bits per heavy atom. The number of amides is 2. The van der Waals surface area contributed by atoms with Gasteiger partial charge in [-0.2, -0.15) is 4.58 Å². The van der Waals surface area contributed by atoms with Crippen molar-refractivity contribution >= 4 is 107 Å². The van der Waals surface area contributed by atoms with Crippen molar-refractivity contribution in [3.05, 3.63) is 95.7 Å². The molecule has 85 heavy (non-hydrogen) atoms. The minimum atomic E-state index is -5.41. The second-order valence-electron chi connectivity index (χ2n) is 20.3. The van der Waals surface area contributed by atoms with Crippen molar-refractivity contribution in [2.24, 2.45) is 0 Å². The molecule has 1 saturated heterocycles. The van der Waals surface area contributed by atoms with E-state index in [2.05, 4.69) is 0 Å². The maximum Gasteiger partial charge on any atom is 0.335 e.